The predicted molar refractivity (Wildman–Crippen MR) is 165 cm³/mol. The van der Waals surface area contributed by atoms with Crippen molar-refractivity contribution in [2.24, 2.45) is 0 Å². The molecule has 0 spiro atoms. The lowest BCUT2D eigenvalue weighted by Gasteiger charge is -2.44. The molecule has 1 aliphatic carbocycles. The SMILES string of the molecule is CC(C)(C)OC[C@H](NC1(CNC(=O)OCC2c3ccccc3-c3ccccc32)COC1)C(=O)OC(C)(C)c1ccccc1. The average Bonchev–Trinajstić information content (AvgIpc) is 3.28. The van der Waals surface area contributed by atoms with Gasteiger partial charge in [-0.3, -0.25) is 10.1 Å². The van der Waals surface area contributed by atoms with Crippen LogP contribution in [0, 0.1) is 0 Å². The van der Waals surface area contributed by atoms with E-state index in [1.165, 1.54) is 11.1 Å². The van der Waals surface area contributed by atoms with E-state index < -0.39 is 34.8 Å². The van der Waals surface area contributed by atoms with Crippen LogP contribution >= 0.6 is 0 Å². The fourth-order valence-electron chi connectivity index (χ4n) is 5.57. The van der Waals surface area contributed by atoms with Gasteiger partial charge in [-0.2, -0.15) is 0 Å². The molecular weight excluding hydrogens is 544 g/mol. The summed E-state index contributed by atoms with van der Waals surface area (Å²) >= 11 is 0. The maximum Gasteiger partial charge on any atom is 0.407 e. The van der Waals surface area contributed by atoms with Gasteiger partial charge in [-0.05, 0) is 62.4 Å². The zero-order valence-electron chi connectivity index (χ0n) is 25.6. The zero-order valence-corrected chi connectivity index (χ0v) is 25.6. The van der Waals surface area contributed by atoms with Gasteiger partial charge in [0.25, 0.3) is 0 Å². The second kappa shape index (κ2) is 12.5. The molecule has 1 fully saturated rings. The Hall–Kier alpha value is -3.72. The molecule has 0 unspecified atom stereocenters. The number of fused-ring (bicyclic) bond motifs is 3. The molecule has 1 saturated heterocycles. The van der Waals surface area contributed by atoms with E-state index in [-0.39, 0.29) is 25.7 Å². The lowest BCUT2D eigenvalue weighted by atomic mass is 9.95. The van der Waals surface area contributed by atoms with Crippen molar-refractivity contribution in [3.8, 4) is 11.1 Å². The lowest BCUT2D eigenvalue weighted by molar-refractivity contribution is -0.167. The minimum atomic E-state index is -0.844. The van der Waals surface area contributed by atoms with Crippen molar-refractivity contribution < 1.29 is 28.5 Å². The van der Waals surface area contributed by atoms with E-state index in [1.807, 2.05) is 89.2 Å². The first kappa shape index (κ1) is 30.7. The van der Waals surface area contributed by atoms with Crippen LogP contribution in [0.2, 0.25) is 0 Å². The van der Waals surface area contributed by atoms with Gasteiger partial charge >= 0.3 is 12.1 Å². The van der Waals surface area contributed by atoms with Crippen LogP contribution in [0.5, 0.6) is 0 Å². The summed E-state index contributed by atoms with van der Waals surface area (Å²) in [6, 6.07) is 25.3. The minimum Gasteiger partial charge on any atom is -0.454 e. The molecule has 8 heteroatoms. The molecule has 1 aliphatic heterocycles. The predicted octanol–water partition coefficient (Wildman–Crippen LogP) is 5.55. The number of carbonyl (C=O) groups excluding carboxylic acids is 2. The third kappa shape index (κ3) is 7.26. The average molecular weight is 587 g/mol. The molecule has 3 aromatic rings. The van der Waals surface area contributed by atoms with Crippen LogP contribution < -0.4 is 10.6 Å². The Morgan fingerprint density at radius 1 is 0.884 bits per heavy atom. The molecule has 5 rings (SSSR count). The number of hydrogen-bond donors (Lipinski definition) is 2. The zero-order chi connectivity index (χ0) is 30.7. The van der Waals surface area contributed by atoms with Gasteiger partial charge in [-0.1, -0.05) is 78.9 Å². The van der Waals surface area contributed by atoms with E-state index >= 15 is 0 Å². The van der Waals surface area contributed by atoms with E-state index in [1.54, 1.807) is 0 Å². The molecule has 0 saturated carbocycles. The smallest absolute Gasteiger partial charge is 0.407 e. The minimum absolute atomic E-state index is 0.0288. The second-order valence-corrected chi connectivity index (χ2v) is 12.9. The Bertz CT molecular complexity index is 1380. The molecule has 2 aliphatic rings. The molecule has 0 radical (unpaired) electrons. The second-order valence-electron chi connectivity index (χ2n) is 12.9. The number of benzene rings is 3. The van der Waals surface area contributed by atoms with E-state index in [4.69, 9.17) is 18.9 Å². The van der Waals surface area contributed by atoms with E-state index in [0.29, 0.717) is 13.2 Å². The number of ether oxygens (including phenoxy) is 4. The van der Waals surface area contributed by atoms with Crippen molar-refractivity contribution in [2.45, 2.75) is 63.3 Å². The maximum atomic E-state index is 13.5. The lowest BCUT2D eigenvalue weighted by Crippen LogP contribution is -2.70. The van der Waals surface area contributed by atoms with Gasteiger partial charge < -0.3 is 24.3 Å². The molecule has 1 heterocycles. The van der Waals surface area contributed by atoms with E-state index in [2.05, 4.69) is 34.9 Å². The third-order valence-corrected chi connectivity index (χ3v) is 7.94. The highest BCUT2D eigenvalue weighted by Crippen LogP contribution is 2.44. The summed E-state index contributed by atoms with van der Waals surface area (Å²) < 4.78 is 23.3. The molecular formula is C35H42N2O6. The normalized spacial score (nSPS) is 16.4. The number of carbonyl (C=O) groups is 2. The number of hydrogen-bond acceptors (Lipinski definition) is 7. The molecule has 2 N–H and O–H groups in total. The van der Waals surface area contributed by atoms with Gasteiger partial charge in [0.1, 0.15) is 18.2 Å². The summed E-state index contributed by atoms with van der Waals surface area (Å²) in [7, 11) is 0. The fourth-order valence-corrected chi connectivity index (χ4v) is 5.57. The van der Waals surface area contributed by atoms with Crippen LogP contribution in [-0.2, 0) is 29.3 Å². The Balaban J connectivity index is 1.21. The number of nitrogens with one attached hydrogen (secondary N) is 2. The van der Waals surface area contributed by atoms with Crippen molar-refractivity contribution in [1.82, 2.24) is 10.6 Å². The summed E-state index contributed by atoms with van der Waals surface area (Å²) in [5.74, 6) is -0.468. The van der Waals surface area contributed by atoms with Crippen molar-refractivity contribution in [3.05, 3.63) is 95.6 Å². The molecule has 228 valence electrons. The molecule has 43 heavy (non-hydrogen) atoms. The first-order chi connectivity index (χ1) is 20.5. The van der Waals surface area contributed by atoms with Crippen LogP contribution in [0.3, 0.4) is 0 Å². The first-order valence-electron chi connectivity index (χ1n) is 14.8. The van der Waals surface area contributed by atoms with Crippen molar-refractivity contribution in [2.75, 3.05) is 33.0 Å². The number of rotatable bonds is 11. The van der Waals surface area contributed by atoms with Gasteiger partial charge in [-0.15, -0.1) is 0 Å². The monoisotopic (exact) mass is 586 g/mol. The van der Waals surface area contributed by atoms with Gasteiger partial charge in [0.05, 0.1) is 31.0 Å². The third-order valence-electron chi connectivity index (χ3n) is 7.94. The maximum absolute atomic E-state index is 13.5. The molecule has 1 amide bonds. The summed E-state index contributed by atoms with van der Waals surface area (Å²) in [4.78, 5) is 26.5. The van der Waals surface area contributed by atoms with Crippen LogP contribution in [0.25, 0.3) is 11.1 Å². The van der Waals surface area contributed by atoms with Crippen LogP contribution in [-0.4, -0.2) is 62.2 Å². The number of esters is 1. The highest BCUT2D eigenvalue weighted by atomic mass is 16.6. The van der Waals surface area contributed by atoms with Crippen molar-refractivity contribution >= 4 is 12.1 Å². The highest BCUT2D eigenvalue weighted by Gasteiger charge is 2.44. The van der Waals surface area contributed by atoms with Crippen molar-refractivity contribution in [3.63, 3.8) is 0 Å². The Labute approximate surface area is 254 Å². The quantitative estimate of drug-likeness (QED) is 0.285. The summed E-state index contributed by atoms with van der Waals surface area (Å²) in [5.41, 5.74) is 3.56. The van der Waals surface area contributed by atoms with E-state index in [0.717, 1.165) is 16.7 Å². The summed E-state index contributed by atoms with van der Waals surface area (Å²) in [6.07, 6.45) is -0.523. The molecule has 0 aromatic heterocycles. The van der Waals surface area contributed by atoms with Crippen LogP contribution in [0.4, 0.5) is 4.79 Å². The Kier molecular flexibility index (Phi) is 8.92. The topological polar surface area (TPSA) is 95.1 Å². The highest BCUT2D eigenvalue weighted by molar-refractivity contribution is 5.79. The molecule has 3 aromatic carbocycles. The Morgan fingerprint density at radius 3 is 2.02 bits per heavy atom. The fraction of sp³-hybridized carbons (Fsp3) is 0.429. The van der Waals surface area contributed by atoms with Gasteiger partial charge in [0, 0.05) is 12.5 Å². The largest absolute Gasteiger partial charge is 0.454 e. The Morgan fingerprint density at radius 2 is 1.47 bits per heavy atom. The van der Waals surface area contributed by atoms with Gasteiger partial charge in [0.2, 0.25) is 0 Å². The van der Waals surface area contributed by atoms with Gasteiger partial charge in [-0.25, -0.2) is 4.79 Å². The number of amides is 1. The summed E-state index contributed by atoms with van der Waals surface area (Å²) in [5, 5.41) is 6.29. The summed E-state index contributed by atoms with van der Waals surface area (Å²) in [6.45, 7) is 10.7. The van der Waals surface area contributed by atoms with E-state index in [9.17, 15) is 9.59 Å². The first-order valence-corrected chi connectivity index (χ1v) is 14.8. The molecule has 1 atom stereocenters. The molecule has 8 nitrogen and oxygen atoms in total. The number of alkyl carbamates (subject to hydrolysis) is 1. The van der Waals surface area contributed by atoms with Gasteiger partial charge in [0.15, 0.2) is 0 Å². The van der Waals surface area contributed by atoms with Crippen LogP contribution in [0.15, 0.2) is 78.9 Å². The standard InChI is InChI=1S/C35H42N2O6/c1-33(2,3)42-20-30(31(38)43-34(4,5)24-13-7-6-8-14-24)37-35(22-40-23-35)21-36-32(39)41-19-29-27-17-11-9-15-25(27)26-16-10-12-18-28(26)29/h6-18,29-30,37H,19-23H2,1-5H3,(H,36,39)/t30-/m0/s1. The van der Waals surface area contributed by atoms with Crippen LogP contribution in [0.1, 0.15) is 57.2 Å². The molecule has 0 bridgehead atoms. The van der Waals surface area contributed by atoms with Crippen molar-refractivity contribution in [1.29, 1.82) is 0 Å².